The number of ether oxygens (including phenoxy) is 1. The van der Waals surface area contributed by atoms with Crippen molar-refractivity contribution in [3.8, 4) is 5.75 Å². The predicted octanol–water partition coefficient (Wildman–Crippen LogP) is 4.34. The molecule has 0 atom stereocenters. The lowest BCUT2D eigenvalue weighted by molar-refractivity contribution is -0.117. The third-order valence-corrected chi connectivity index (χ3v) is 5.03. The summed E-state index contributed by atoms with van der Waals surface area (Å²) in [4.78, 5) is 30.1. The van der Waals surface area contributed by atoms with Gasteiger partial charge in [-0.3, -0.25) is 14.5 Å². The Kier molecular flexibility index (Phi) is 7.34. The van der Waals surface area contributed by atoms with E-state index in [1.807, 2.05) is 61.5 Å². The molecule has 0 fully saturated rings. The summed E-state index contributed by atoms with van der Waals surface area (Å²) >= 11 is 1.34. The molecule has 1 heterocycles. The highest BCUT2D eigenvalue weighted by Gasteiger charge is 2.17. The number of nitrogens with zero attached hydrogens (tertiary/aromatic N) is 2. The van der Waals surface area contributed by atoms with Gasteiger partial charge < -0.3 is 10.1 Å². The molecule has 0 aliphatic carbocycles. The van der Waals surface area contributed by atoms with E-state index in [0.29, 0.717) is 24.0 Å². The number of para-hydroxylation sites is 2. The van der Waals surface area contributed by atoms with Gasteiger partial charge in [-0.05, 0) is 36.8 Å². The zero-order valence-corrected chi connectivity index (χ0v) is 17.7. The van der Waals surface area contributed by atoms with Crippen LogP contribution in [0.15, 0.2) is 66.1 Å². The first-order chi connectivity index (χ1) is 14.5. The highest BCUT2D eigenvalue weighted by atomic mass is 32.1. The van der Waals surface area contributed by atoms with Crippen molar-refractivity contribution in [2.75, 3.05) is 18.1 Å². The molecule has 0 spiro atoms. The van der Waals surface area contributed by atoms with Crippen molar-refractivity contribution in [2.24, 2.45) is 0 Å². The number of carbonyl (C=O) groups excluding carboxylic acids is 2. The van der Waals surface area contributed by atoms with Crippen LogP contribution < -0.4 is 15.0 Å². The van der Waals surface area contributed by atoms with Crippen LogP contribution in [0, 0.1) is 6.92 Å². The molecule has 0 aliphatic heterocycles. The van der Waals surface area contributed by atoms with Gasteiger partial charge in [0, 0.05) is 18.4 Å². The molecule has 0 saturated heterocycles. The summed E-state index contributed by atoms with van der Waals surface area (Å²) in [7, 11) is 0. The first-order valence-corrected chi connectivity index (χ1v) is 10.4. The smallest absolute Gasteiger partial charge is 0.244 e. The van der Waals surface area contributed by atoms with Crippen LogP contribution in [-0.4, -0.2) is 29.9 Å². The molecule has 2 aromatic carbocycles. The number of thiazole rings is 1. The number of amides is 2. The highest BCUT2D eigenvalue weighted by molar-refractivity contribution is 7.14. The average molecular weight is 422 g/mol. The Bertz CT molecular complexity index is 1030. The topological polar surface area (TPSA) is 71.5 Å². The van der Waals surface area contributed by atoms with Gasteiger partial charge in [-0.1, -0.05) is 36.4 Å². The molecule has 6 nitrogen and oxygen atoms in total. The van der Waals surface area contributed by atoms with Gasteiger partial charge in [0.25, 0.3) is 0 Å². The fourth-order valence-corrected chi connectivity index (χ4v) is 3.59. The fraction of sp³-hybridized carbons (Fsp3) is 0.174. The standard InChI is InChI=1S/C23H23N3O3S/c1-17-8-6-7-11-21(17)29-15-14-24-22(28)13-12-19-16-30-23(25-19)26(18(2)27)20-9-4-3-5-10-20/h3-13,16H,14-15H2,1-2H3,(H,24,28)/b13-12+. The Balaban J connectivity index is 1.52. The van der Waals surface area contributed by atoms with Crippen molar-refractivity contribution < 1.29 is 14.3 Å². The minimum atomic E-state index is -0.232. The zero-order valence-electron chi connectivity index (χ0n) is 16.9. The summed E-state index contributed by atoms with van der Waals surface area (Å²) in [5.41, 5.74) is 2.42. The van der Waals surface area contributed by atoms with E-state index < -0.39 is 0 Å². The van der Waals surface area contributed by atoms with E-state index in [1.54, 1.807) is 16.4 Å². The van der Waals surface area contributed by atoms with Crippen LogP contribution in [0.5, 0.6) is 5.75 Å². The van der Waals surface area contributed by atoms with Gasteiger partial charge in [-0.15, -0.1) is 11.3 Å². The van der Waals surface area contributed by atoms with Crippen molar-refractivity contribution >= 4 is 40.0 Å². The summed E-state index contributed by atoms with van der Waals surface area (Å²) < 4.78 is 5.66. The molecule has 3 aromatic rings. The first kappa shape index (κ1) is 21.3. The van der Waals surface area contributed by atoms with Gasteiger partial charge in [0.1, 0.15) is 12.4 Å². The van der Waals surface area contributed by atoms with E-state index in [0.717, 1.165) is 17.0 Å². The van der Waals surface area contributed by atoms with Crippen LogP contribution in [-0.2, 0) is 9.59 Å². The van der Waals surface area contributed by atoms with Gasteiger partial charge >= 0.3 is 0 Å². The van der Waals surface area contributed by atoms with Crippen molar-refractivity contribution in [3.63, 3.8) is 0 Å². The monoisotopic (exact) mass is 421 g/mol. The number of aryl methyl sites for hydroxylation is 1. The number of hydrogen-bond donors (Lipinski definition) is 1. The lowest BCUT2D eigenvalue weighted by Gasteiger charge is -2.17. The number of anilines is 2. The average Bonchev–Trinajstić information content (AvgIpc) is 3.20. The summed E-state index contributed by atoms with van der Waals surface area (Å²) in [6, 6.07) is 17.1. The Morgan fingerprint density at radius 2 is 1.87 bits per heavy atom. The fourth-order valence-electron chi connectivity index (χ4n) is 2.73. The number of hydrogen-bond acceptors (Lipinski definition) is 5. The third-order valence-electron chi connectivity index (χ3n) is 4.19. The minimum Gasteiger partial charge on any atom is -0.491 e. The van der Waals surface area contributed by atoms with Gasteiger partial charge in [0.2, 0.25) is 11.8 Å². The number of nitrogens with one attached hydrogen (secondary N) is 1. The maximum Gasteiger partial charge on any atom is 0.244 e. The molecule has 7 heteroatoms. The predicted molar refractivity (Wildman–Crippen MR) is 120 cm³/mol. The van der Waals surface area contributed by atoms with Crippen molar-refractivity contribution in [3.05, 3.63) is 77.3 Å². The highest BCUT2D eigenvalue weighted by Crippen LogP contribution is 2.29. The number of carbonyl (C=O) groups is 2. The Morgan fingerprint density at radius 3 is 2.60 bits per heavy atom. The van der Waals surface area contributed by atoms with E-state index in [1.165, 1.54) is 24.3 Å². The van der Waals surface area contributed by atoms with Crippen LogP contribution in [0.25, 0.3) is 6.08 Å². The molecule has 0 radical (unpaired) electrons. The molecule has 30 heavy (non-hydrogen) atoms. The van der Waals surface area contributed by atoms with Crippen LogP contribution in [0.4, 0.5) is 10.8 Å². The maximum atomic E-state index is 12.1. The van der Waals surface area contributed by atoms with Crippen LogP contribution in [0.3, 0.4) is 0 Å². The van der Waals surface area contributed by atoms with Gasteiger partial charge in [0.05, 0.1) is 17.9 Å². The SMILES string of the molecule is CC(=O)N(c1ccccc1)c1nc(/C=C/C(=O)NCCOc2ccccc2C)cs1. The summed E-state index contributed by atoms with van der Waals surface area (Å²) in [6.45, 7) is 4.25. The molecule has 3 rings (SSSR count). The van der Waals surface area contributed by atoms with E-state index in [2.05, 4.69) is 10.3 Å². The van der Waals surface area contributed by atoms with Crippen molar-refractivity contribution in [1.29, 1.82) is 0 Å². The number of benzene rings is 2. The largest absolute Gasteiger partial charge is 0.491 e. The van der Waals surface area contributed by atoms with E-state index in [-0.39, 0.29) is 11.8 Å². The molecule has 1 N–H and O–H groups in total. The van der Waals surface area contributed by atoms with Crippen LogP contribution in [0.2, 0.25) is 0 Å². The second-order valence-electron chi connectivity index (χ2n) is 6.48. The molecule has 154 valence electrons. The normalized spacial score (nSPS) is 10.7. The van der Waals surface area contributed by atoms with Crippen LogP contribution in [0.1, 0.15) is 18.2 Å². The van der Waals surface area contributed by atoms with E-state index >= 15 is 0 Å². The second kappa shape index (κ2) is 10.4. The Morgan fingerprint density at radius 1 is 1.13 bits per heavy atom. The van der Waals surface area contributed by atoms with Crippen molar-refractivity contribution in [2.45, 2.75) is 13.8 Å². The van der Waals surface area contributed by atoms with Gasteiger partial charge in [-0.25, -0.2) is 4.98 Å². The second-order valence-corrected chi connectivity index (χ2v) is 7.32. The molecular formula is C23H23N3O3S. The lowest BCUT2D eigenvalue weighted by atomic mass is 10.2. The van der Waals surface area contributed by atoms with Gasteiger partial charge in [-0.2, -0.15) is 0 Å². The zero-order chi connectivity index (χ0) is 21.3. The quantitative estimate of drug-likeness (QED) is 0.434. The van der Waals surface area contributed by atoms with Gasteiger partial charge in [0.15, 0.2) is 5.13 Å². The Labute approximate surface area is 179 Å². The molecule has 0 bridgehead atoms. The van der Waals surface area contributed by atoms with Crippen molar-refractivity contribution in [1.82, 2.24) is 10.3 Å². The van der Waals surface area contributed by atoms with E-state index in [9.17, 15) is 9.59 Å². The summed E-state index contributed by atoms with van der Waals surface area (Å²) in [5, 5.41) is 5.14. The number of rotatable bonds is 8. The molecule has 0 saturated carbocycles. The molecule has 0 aliphatic rings. The Hall–Kier alpha value is -3.45. The third kappa shape index (κ3) is 5.78. The molecule has 2 amide bonds. The van der Waals surface area contributed by atoms with E-state index in [4.69, 9.17) is 4.74 Å². The molecule has 1 aromatic heterocycles. The summed E-state index contributed by atoms with van der Waals surface area (Å²) in [6.07, 6.45) is 3.05. The first-order valence-electron chi connectivity index (χ1n) is 9.50. The number of aromatic nitrogens is 1. The molecule has 0 unspecified atom stereocenters. The molecular weight excluding hydrogens is 398 g/mol. The lowest BCUT2D eigenvalue weighted by Crippen LogP contribution is -2.26. The summed E-state index contributed by atoms with van der Waals surface area (Å²) in [5.74, 6) is 0.452. The minimum absolute atomic E-state index is 0.127. The van der Waals surface area contributed by atoms with Crippen LogP contribution >= 0.6 is 11.3 Å². The maximum absolute atomic E-state index is 12.1.